The van der Waals surface area contributed by atoms with E-state index in [1.165, 1.54) is 25.7 Å². The Morgan fingerprint density at radius 2 is 1.92 bits per heavy atom. The molecular formula is C11H17NO. The Hall–Kier alpha value is -0.550. The van der Waals surface area contributed by atoms with Crippen molar-refractivity contribution in [2.45, 2.75) is 57.7 Å². The summed E-state index contributed by atoms with van der Waals surface area (Å²) in [6.45, 7) is 4.49. The summed E-state index contributed by atoms with van der Waals surface area (Å²) in [6, 6.07) is 2.26. The Kier molecular flexibility index (Phi) is 1.89. The number of hydrogen-bond donors (Lipinski definition) is 0. The summed E-state index contributed by atoms with van der Waals surface area (Å²) in [5, 5.41) is 8.87. The molecule has 0 aromatic heterocycles. The van der Waals surface area contributed by atoms with Gasteiger partial charge in [0, 0.05) is 0 Å². The first-order valence-electron chi connectivity index (χ1n) is 5.20. The number of hydrogen-bond acceptors (Lipinski definition) is 2. The van der Waals surface area contributed by atoms with Gasteiger partial charge in [0.15, 0.2) is 6.10 Å². The van der Waals surface area contributed by atoms with Crippen LogP contribution in [0.15, 0.2) is 0 Å². The summed E-state index contributed by atoms with van der Waals surface area (Å²) in [4.78, 5) is 0. The molecule has 0 N–H and O–H groups in total. The molecule has 1 spiro atoms. The van der Waals surface area contributed by atoms with Crippen LogP contribution in [0.1, 0.15) is 46.0 Å². The molecule has 1 aliphatic heterocycles. The number of nitrogens with zero attached hydrogens (tertiary/aromatic N) is 1. The highest BCUT2D eigenvalue weighted by Crippen LogP contribution is 2.56. The molecule has 1 heterocycles. The Morgan fingerprint density at radius 3 is 2.54 bits per heavy atom. The van der Waals surface area contributed by atoms with Crippen molar-refractivity contribution in [2.24, 2.45) is 5.41 Å². The normalized spacial score (nSPS) is 42.4. The van der Waals surface area contributed by atoms with Crippen LogP contribution in [0.5, 0.6) is 0 Å². The molecule has 2 aliphatic rings. The first-order valence-corrected chi connectivity index (χ1v) is 5.20. The molecular weight excluding hydrogens is 162 g/mol. The monoisotopic (exact) mass is 179 g/mol. The highest BCUT2D eigenvalue weighted by Gasteiger charge is 2.65. The van der Waals surface area contributed by atoms with Crippen molar-refractivity contribution in [1.29, 1.82) is 5.26 Å². The minimum absolute atomic E-state index is 0.0851. The van der Waals surface area contributed by atoms with Crippen LogP contribution in [0, 0.1) is 16.7 Å². The summed E-state index contributed by atoms with van der Waals surface area (Å²) in [5.74, 6) is 0. The van der Waals surface area contributed by atoms with E-state index in [0.717, 1.165) is 6.42 Å². The molecule has 0 radical (unpaired) electrons. The lowest BCUT2D eigenvalue weighted by Gasteiger charge is -2.29. The van der Waals surface area contributed by atoms with Crippen LogP contribution in [-0.4, -0.2) is 11.7 Å². The van der Waals surface area contributed by atoms with E-state index in [0.29, 0.717) is 0 Å². The highest BCUT2D eigenvalue weighted by molar-refractivity contribution is 5.20. The smallest absolute Gasteiger partial charge is 0.174 e. The zero-order valence-electron chi connectivity index (χ0n) is 8.47. The summed E-state index contributed by atoms with van der Waals surface area (Å²) >= 11 is 0. The number of epoxide rings is 1. The van der Waals surface area contributed by atoms with Crippen molar-refractivity contribution in [3.05, 3.63) is 0 Å². The lowest BCUT2D eigenvalue weighted by atomic mass is 9.73. The van der Waals surface area contributed by atoms with Crippen LogP contribution in [0.4, 0.5) is 0 Å². The molecule has 2 nitrogen and oxygen atoms in total. The Balaban J connectivity index is 2.21. The zero-order valence-corrected chi connectivity index (χ0v) is 8.47. The molecule has 0 aromatic rings. The average molecular weight is 179 g/mol. The fourth-order valence-corrected chi connectivity index (χ4v) is 2.69. The summed E-state index contributed by atoms with van der Waals surface area (Å²) in [7, 11) is 0. The maximum Gasteiger partial charge on any atom is 0.174 e. The minimum Gasteiger partial charge on any atom is -0.349 e. The Labute approximate surface area is 79.9 Å². The predicted molar refractivity (Wildman–Crippen MR) is 50.1 cm³/mol. The van der Waals surface area contributed by atoms with Crippen LogP contribution in [0.2, 0.25) is 0 Å². The second kappa shape index (κ2) is 2.72. The molecule has 1 saturated carbocycles. The quantitative estimate of drug-likeness (QED) is 0.536. The van der Waals surface area contributed by atoms with Crippen LogP contribution in [0.3, 0.4) is 0 Å². The lowest BCUT2D eigenvalue weighted by Crippen LogP contribution is -2.33. The molecule has 2 heteroatoms. The van der Waals surface area contributed by atoms with Crippen molar-refractivity contribution >= 4 is 0 Å². The molecule has 2 atom stereocenters. The van der Waals surface area contributed by atoms with Gasteiger partial charge in [0.1, 0.15) is 5.60 Å². The van der Waals surface area contributed by atoms with E-state index < -0.39 is 0 Å². The van der Waals surface area contributed by atoms with E-state index in [1.54, 1.807) is 0 Å². The van der Waals surface area contributed by atoms with Crippen molar-refractivity contribution in [2.75, 3.05) is 0 Å². The SMILES string of the molecule is CC1(C)CCCCCC12OC2C#N. The van der Waals surface area contributed by atoms with Crippen molar-refractivity contribution in [3.8, 4) is 6.07 Å². The van der Waals surface area contributed by atoms with E-state index in [1.807, 2.05) is 0 Å². The molecule has 1 saturated heterocycles. The molecule has 0 amide bonds. The van der Waals surface area contributed by atoms with Crippen molar-refractivity contribution in [3.63, 3.8) is 0 Å². The molecule has 2 unspecified atom stereocenters. The van der Waals surface area contributed by atoms with Crippen LogP contribution >= 0.6 is 0 Å². The van der Waals surface area contributed by atoms with Gasteiger partial charge in [-0.1, -0.05) is 33.1 Å². The zero-order chi connectivity index (χ0) is 9.53. The number of nitriles is 1. The van der Waals surface area contributed by atoms with E-state index in [2.05, 4.69) is 19.9 Å². The molecule has 13 heavy (non-hydrogen) atoms. The third-order valence-electron chi connectivity index (χ3n) is 3.81. The van der Waals surface area contributed by atoms with Gasteiger partial charge in [-0.25, -0.2) is 0 Å². The van der Waals surface area contributed by atoms with E-state index in [-0.39, 0.29) is 17.1 Å². The van der Waals surface area contributed by atoms with Gasteiger partial charge in [-0.15, -0.1) is 0 Å². The van der Waals surface area contributed by atoms with Gasteiger partial charge in [-0.3, -0.25) is 0 Å². The van der Waals surface area contributed by atoms with Gasteiger partial charge < -0.3 is 4.74 Å². The second-order valence-corrected chi connectivity index (χ2v) is 4.96. The fraction of sp³-hybridized carbons (Fsp3) is 0.909. The highest BCUT2D eigenvalue weighted by atomic mass is 16.6. The molecule has 1 aliphatic carbocycles. The van der Waals surface area contributed by atoms with E-state index >= 15 is 0 Å². The van der Waals surface area contributed by atoms with Gasteiger partial charge in [-0.2, -0.15) is 5.26 Å². The topological polar surface area (TPSA) is 36.3 Å². The Morgan fingerprint density at radius 1 is 1.23 bits per heavy atom. The number of ether oxygens (including phenoxy) is 1. The molecule has 2 fully saturated rings. The first-order chi connectivity index (χ1) is 6.12. The summed E-state index contributed by atoms with van der Waals surface area (Å²) in [5.41, 5.74) is 0.113. The van der Waals surface area contributed by atoms with Crippen molar-refractivity contribution < 1.29 is 4.74 Å². The van der Waals surface area contributed by atoms with Crippen LogP contribution < -0.4 is 0 Å². The van der Waals surface area contributed by atoms with Gasteiger partial charge in [0.05, 0.1) is 6.07 Å². The van der Waals surface area contributed by atoms with Gasteiger partial charge >= 0.3 is 0 Å². The lowest BCUT2D eigenvalue weighted by molar-refractivity contribution is 0.127. The third-order valence-corrected chi connectivity index (χ3v) is 3.81. The number of rotatable bonds is 0. The van der Waals surface area contributed by atoms with Gasteiger partial charge in [0.25, 0.3) is 0 Å². The van der Waals surface area contributed by atoms with Crippen LogP contribution in [0.25, 0.3) is 0 Å². The molecule has 72 valence electrons. The minimum atomic E-state index is -0.124. The van der Waals surface area contributed by atoms with Crippen molar-refractivity contribution in [1.82, 2.24) is 0 Å². The standard InChI is InChI=1S/C11H17NO/c1-10(2)6-4-3-5-7-11(10)9(8-12)13-11/h9H,3-7H2,1-2H3. The van der Waals surface area contributed by atoms with E-state index in [4.69, 9.17) is 10.00 Å². The van der Waals surface area contributed by atoms with Gasteiger partial charge in [0.2, 0.25) is 0 Å². The molecule has 0 aromatic carbocycles. The largest absolute Gasteiger partial charge is 0.349 e. The van der Waals surface area contributed by atoms with Gasteiger partial charge in [-0.05, 0) is 18.3 Å². The first kappa shape index (κ1) is 9.02. The average Bonchev–Trinajstić information content (AvgIpc) is 2.80. The maximum atomic E-state index is 8.87. The Bertz CT molecular complexity index is 253. The van der Waals surface area contributed by atoms with E-state index in [9.17, 15) is 0 Å². The second-order valence-electron chi connectivity index (χ2n) is 4.96. The third kappa shape index (κ3) is 1.18. The maximum absolute atomic E-state index is 8.87. The predicted octanol–water partition coefficient (Wildman–Crippen LogP) is 2.64. The summed E-state index contributed by atoms with van der Waals surface area (Å²) in [6.07, 6.45) is 5.97. The summed E-state index contributed by atoms with van der Waals surface area (Å²) < 4.78 is 5.63. The molecule has 2 rings (SSSR count). The fourth-order valence-electron chi connectivity index (χ4n) is 2.69. The van der Waals surface area contributed by atoms with Crippen LogP contribution in [-0.2, 0) is 4.74 Å². The molecule has 0 bridgehead atoms.